The maximum atomic E-state index is 12.5. The monoisotopic (exact) mass is 809 g/mol. The van der Waals surface area contributed by atoms with Crippen molar-refractivity contribution in [1.29, 1.82) is 0 Å². The molecule has 3 amide bonds. The van der Waals surface area contributed by atoms with Crippen LogP contribution < -0.4 is 44.2 Å². The van der Waals surface area contributed by atoms with Crippen LogP contribution in [0.5, 0.6) is 0 Å². The lowest BCUT2D eigenvalue weighted by Gasteiger charge is -2.09. The number of hydrogen-bond donors (Lipinski definition) is 8. The smallest absolute Gasteiger partial charge is 0.323 e. The van der Waals surface area contributed by atoms with Gasteiger partial charge in [0.2, 0.25) is 11.9 Å². The lowest BCUT2D eigenvalue weighted by Crippen LogP contribution is -2.22. The molecule has 0 unspecified atom stereocenters. The number of carbonyl (C=O) groups is 2. The molecule has 2 aromatic heterocycles. The molecule has 0 saturated heterocycles. The molecule has 18 heteroatoms. The second kappa shape index (κ2) is 20.3. The Labute approximate surface area is 344 Å². The molecule has 0 atom stereocenters. The summed E-state index contributed by atoms with van der Waals surface area (Å²) >= 11 is 1.54. The van der Waals surface area contributed by atoms with Crippen molar-refractivity contribution < 1.29 is 9.59 Å². The van der Waals surface area contributed by atoms with Crippen molar-refractivity contribution in [3.05, 3.63) is 132 Å². The van der Waals surface area contributed by atoms with Crippen LogP contribution in [0.25, 0.3) is 22.4 Å². The molecule has 6 aromatic rings. The predicted molar refractivity (Wildman–Crippen MR) is 240 cm³/mol. The summed E-state index contributed by atoms with van der Waals surface area (Å²) in [5, 5.41) is 29.8. The van der Waals surface area contributed by atoms with Crippen LogP contribution in [0.3, 0.4) is 0 Å². The molecule has 0 bridgehead atoms. The topological polar surface area (TPSA) is 274 Å². The second-order valence-electron chi connectivity index (χ2n) is 12.6. The fraction of sp³-hybridized carbons (Fsp3) is 0.0976. The van der Waals surface area contributed by atoms with Crippen LogP contribution in [0.1, 0.15) is 42.3 Å². The van der Waals surface area contributed by atoms with Crippen molar-refractivity contribution in [3.63, 3.8) is 0 Å². The number of nitrogen functional groups attached to an aromatic ring is 1. The van der Waals surface area contributed by atoms with E-state index in [9.17, 15) is 9.59 Å². The first kappa shape index (κ1) is 42.2. The van der Waals surface area contributed by atoms with Gasteiger partial charge in [-0.2, -0.15) is 10.2 Å². The number of amides is 3. The second-order valence-corrected chi connectivity index (χ2v) is 13.5. The zero-order chi connectivity index (χ0) is 42.3. The van der Waals surface area contributed by atoms with E-state index in [4.69, 9.17) is 22.9 Å². The average Bonchev–Trinajstić information content (AvgIpc) is 3.73. The number of hydrogen-bond acceptors (Lipinski definition) is 12. The Balaban J connectivity index is 0.000000224. The molecule has 4 aromatic carbocycles. The number of amidine groups is 1. The third-order valence-electron chi connectivity index (χ3n) is 8.10. The zero-order valence-corrected chi connectivity index (χ0v) is 33.5. The Bertz CT molecular complexity index is 2470. The minimum atomic E-state index is -0.340. The van der Waals surface area contributed by atoms with Gasteiger partial charge in [0, 0.05) is 58.6 Å². The zero-order valence-electron chi connectivity index (χ0n) is 32.6. The van der Waals surface area contributed by atoms with Gasteiger partial charge < -0.3 is 44.2 Å². The normalized spacial score (nSPS) is 11.4. The number of nitrogens with two attached hydrogens (primary N) is 4. The largest absolute Gasteiger partial charge is 0.386 e. The molecule has 59 heavy (non-hydrogen) atoms. The Hall–Kier alpha value is -7.99. The maximum absolute atomic E-state index is 12.5. The number of urea groups is 1. The minimum absolute atomic E-state index is 0.105. The number of rotatable bonds is 11. The number of guanidine groups is 1. The SMILES string of the molecule is CC(N)=N/N=C(/C)c1ccc(NC(=O)c2ccc(-c3cnc(N)nc3)cc2)cc1.CNc1nc(-c2ccc(NC(=O)Nc3ccc(/C(C)=N\N=C(N)N)cc3)cc2)cs1. The van der Waals surface area contributed by atoms with E-state index in [1.807, 2.05) is 92.1 Å². The highest BCUT2D eigenvalue weighted by atomic mass is 32.1. The van der Waals surface area contributed by atoms with Crippen LogP contribution in [-0.4, -0.2) is 57.2 Å². The van der Waals surface area contributed by atoms with Crippen LogP contribution in [0.2, 0.25) is 0 Å². The van der Waals surface area contributed by atoms with Gasteiger partial charge in [-0.25, -0.2) is 19.7 Å². The van der Waals surface area contributed by atoms with Gasteiger partial charge in [-0.15, -0.1) is 21.5 Å². The molecular weight excluding hydrogens is 767 g/mol. The fourth-order valence-electron chi connectivity index (χ4n) is 5.03. The van der Waals surface area contributed by atoms with Crippen molar-refractivity contribution in [2.24, 2.45) is 37.6 Å². The van der Waals surface area contributed by atoms with Gasteiger partial charge >= 0.3 is 6.03 Å². The molecule has 12 N–H and O–H groups in total. The van der Waals surface area contributed by atoms with E-state index in [1.54, 1.807) is 61.8 Å². The molecule has 6 rings (SSSR count). The summed E-state index contributed by atoms with van der Waals surface area (Å²) in [6.45, 7) is 5.30. The molecule has 300 valence electrons. The van der Waals surface area contributed by atoms with Crippen LogP contribution in [0.15, 0.2) is 135 Å². The van der Waals surface area contributed by atoms with Crippen LogP contribution >= 0.6 is 11.3 Å². The number of nitrogens with one attached hydrogen (secondary N) is 4. The van der Waals surface area contributed by atoms with E-state index in [2.05, 4.69) is 56.6 Å². The van der Waals surface area contributed by atoms with Crippen LogP contribution in [0, 0.1) is 0 Å². The lowest BCUT2D eigenvalue weighted by molar-refractivity contribution is 0.102. The van der Waals surface area contributed by atoms with Gasteiger partial charge in [0.1, 0.15) is 5.84 Å². The van der Waals surface area contributed by atoms with Crippen molar-refractivity contribution >= 4 is 74.6 Å². The van der Waals surface area contributed by atoms with E-state index in [-0.39, 0.29) is 23.8 Å². The molecule has 17 nitrogen and oxygen atoms in total. The number of nitrogens with zero attached hydrogens (tertiary/aromatic N) is 7. The summed E-state index contributed by atoms with van der Waals surface area (Å²) in [4.78, 5) is 37.2. The Morgan fingerprint density at radius 3 is 1.56 bits per heavy atom. The summed E-state index contributed by atoms with van der Waals surface area (Å²) in [5.41, 5.74) is 30.8. The third-order valence-corrected chi connectivity index (χ3v) is 8.96. The maximum Gasteiger partial charge on any atom is 0.323 e. The summed E-state index contributed by atoms with van der Waals surface area (Å²) in [7, 11) is 1.84. The quantitative estimate of drug-likeness (QED) is 0.0396. The summed E-state index contributed by atoms with van der Waals surface area (Å²) in [6.07, 6.45) is 3.29. The fourth-order valence-corrected chi connectivity index (χ4v) is 5.72. The molecule has 0 saturated carbocycles. The van der Waals surface area contributed by atoms with Gasteiger partial charge in [0.15, 0.2) is 5.13 Å². The Kier molecular flexibility index (Phi) is 14.5. The Morgan fingerprint density at radius 1 is 0.593 bits per heavy atom. The molecule has 0 aliphatic carbocycles. The van der Waals surface area contributed by atoms with Crippen LogP contribution in [0.4, 0.5) is 32.9 Å². The third kappa shape index (κ3) is 12.8. The van der Waals surface area contributed by atoms with Gasteiger partial charge in [0.05, 0.1) is 17.1 Å². The number of carbonyl (C=O) groups excluding carboxylic acids is 2. The molecule has 0 spiro atoms. The van der Waals surface area contributed by atoms with Crippen molar-refractivity contribution in [3.8, 4) is 22.4 Å². The van der Waals surface area contributed by atoms with E-state index in [0.717, 1.165) is 44.4 Å². The molecule has 0 fully saturated rings. The molecule has 2 heterocycles. The predicted octanol–water partition coefficient (Wildman–Crippen LogP) is 6.57. The van der Waals surface area contributed by atoms with Gasteiger partial charge in [-0.3, -0.25) is 4.79 Å². The van der Waals surface area contributed by atoms with E-state index >= 15 is 0 Å². The van der Waals surface area contributed by atoms with Crippen molar-refractivity contribution in [2.45, 2.75) is 20.8 Å². The standard InChI is InChI=1S/C21H21N7O.C20H22N8OS/c1-13(27-28-14(2)22)15-7-9-19(10-8-15)26-20(29)17-5-3-16(4-6-17)18-11-24-21(23)25-12-18;1-12(27-28-18(21)22)13-3-7-15(8-4-13)24-19(29)25-16-9-5-14(6-10-16)17-11-30-20(23-2)26-17/h3-12H,1-2H3,(H2,22,28)(H,26,29)(H2,23,24,25);3-11H,1-2H3,(H,23,26)(H4,21,22,28)(H2,24,25,29)/b27-13-;27-12-. The van der Waals surface area contributed by atoms with Gasteiger partial charge in [-0.05, 0) is 86.0 Å². The lowest BCUT2D eigenvalue weighted by atomic mass is 10.1. The molecule has 0 aliphatic heterocycles. The summed E-state index contributed by atoms with van der Waals surface area (Å²) < 4.78 is 0. The van der Waals surface area contributed by atoms with Gasteiger partial charge in [0.25, 0.3) is 5.91 Å². The average molecular weight is 810 g/mol. The summed E-state index contributed by atoms with van der Waals surface area (Å²) in [5.74, 6) is 0.306. The van der Waals surface area contributed by atoms with Gasteiger partial charge in [-0.1, -0.05) is 48.5 Å². The minimum Gasteiger partial charge on any atom is -0.386 e. The van der Waals surface area contributed by atoms with E-state index < -0.39 is 0 Å². The first-order valence-corrected chi connectivity index (χ1v) is 18.7. The number of anilines is 5. The van der Waals surface area contributed by atoms with Crippen molar-refractivity contribution in [1.82, 2.24) is 15.0 Å². The molecule has 0 radical (unpaired) electrons. The van der Waals surface area contributed by atoms with Crippen molar-refractivity contribution in [2.75, 3.05) is 34.0 Å². The molecule has 0 aliphatic rings. The first-order valence-electron chi connectivity index (χ1n) is 17.9. The highest BCUT2D eigenvalue weighted by Gasteiger charge is 2.09. The first-order chi connectivity index (χ1) is 28.4. The summed E-state index contributed by atoms with van der Waals surface area (Å²) in [6, 6.07) is 28.9. The highest BCUT2D eigenvalue weighted by molar-refractivity contribution is 7.14. The number of aromatic nitrogens is 3. The molecular formula is C41H43N15O2S. The van der Waals surface area contributed by atoms with E-state index in [1.165, 1.54) is 0 Å². The highest BCUT2D eigenvalue weighted by Crippen LogP contribution is 2.26. The number of thiazole rings is 1. The Morgan fingerprint density at radius 2 is 1.07 bits per heavy atom. The van der Waals surface area contributed by atoms with E-state index in [0.29, 0.717) is 34.2 Å². The van der Waals surface area contributed by atoms with Crippen LogP contribution in [-0.2, 0) is 0 Å². The number of benzene rings is 4.